The van der Waals surface area contributed by atoms with Gasteiger partial charge in [-0.1, -0.05) is 12.1 Å². The number of piperazine rings is 1. The molecule has 2 saturated heterocycles. The molecule has 0 bridgehead atoms. The lowest BCUT2D eigenvalue weighted by Gasteiger charge is -2.34. The Morgan fingerprint density at radius 2 is 1.88 bits per heavy atom. The lowest BCUT2D eigenvalue weighted by Crippen LogP contribution is -2.44. The summed E-state index contributed by atoms with van der Waals surface area (Å²) in [5.41, 5.74) is 1.17. The Kier molecular flexibility index (Phi) is 4.76. The molecular weight excluding hydrogens is 522 g/mol. The summed E-state index contributed by atoms with van der Waals surface area (Å²) in [4.78, 5) is 18.0. The summed E-state index contributed by atoms with van der Waals surface area (Å²) < 4.78 is 144. The Morgan fingerprint density at radius 3 is 2.63 bits per heavy atom. The third kappa shape index (κ3) is 6.49. The highest BCUT2D eigenvalue weighted by Gasteiger charge is 2.24. The van der Waals surface area contributed by atoms with E-state index in [1.807, 2.05) is 0 Å². The number of benzene rings is 3. The van der Waals surface area contributed by atoms with Crippen LogP contribution in [-0.4, -0.2) is 62.8 Å². The zero-order valence-electron chi connectivity index (χ0n) is 35.0. The van der Waals surface area contributed by atoms with Crippen molar-refractivity contribution in [2.75, 3.05) is 51.1 Å². The standard InChI is InChI=1S/C33H36F2N4O2/c1-38-8-10-39(11-9-38)29-4-5-30(26(19-29)15-22-6-12-41-13-7-22)33(40)37-32-31-18-23(2-3-25(31)21-36-32)14-24-16-27(34)20-28(35)17-24/h2-5,16-20,22H,6-15,21H2,1H3,(H,36,37,40)/i1D3,4D,8D2,9D2,10D2,11D2,19D. The second kappa shape index (κ2) is 12.1. The average molecular weight is 572 g/mol. The van der Waals surface area contributed by atoms with Gasteiger partial charge in [0.2, 0.25) is 0 Å². The normalized spacial score (nSPS) is 27.7. The molecule has 8 heteroatoms. The van der Waals surface area contributed by atoms with Crippen LogP contribution in [0.15, 0.2) is 59.5 Å². The summed E-state index contributed by atoms with van der Waals surface area (Å²) in [6, 6.07) is 7.85. The molecule has 3 aliphatic heterocycles. The van der Waals surface area contributed by atoms with E-state index in [9.17, 15) is 14.9 Å². The first-order valence-corrected chi connectivity index (χ1v) is 13.2. The molecule has 2 fully saturated rings. The molecule has 3 aliphatic rings. The van der Waals surface area contributed by atoms with Gasteiger partial charge >= 0.3 is 0 Å². The number of carbonyl (C=O) groups excluding carboxylic acids is 1. The summed E-state index contributed by atoms with van der Waals surface area (Å²) in [5, 5.41) is 2.72. The van der Waals surface area contributed by atoms with E-state index >= 15 is 0 Å². The van der Waals surface area contributed by atoms with Gasteiger partial charge in [0, 0.05) is 71.7 Å². The minimum atomic E-state index is -3.74. The van der Waals surface area contributed by atoms with Crippen LogP contribution in [-0.2, 0) is 24.1 Å². The number of hydrogen-bond acceptors (Lipinski definition) is 5. The van der Waals surface area contributed by atoms with Gasteiger partial charge in [-0.15, -0.1) is 0 Å². The van der Waals surface area contributed by atoms with E-state index in [4.69, 9.17) is 21.2 Å². The highest BCUT2D eigenvalue weighted by atomic mass is 19.1. The minimum absolute atomic E-state index is 0.00332. The summed E-state index contributed by atoms with van der Waals surface area (Å²) in [7, 11) is 0. The van der Waals surface area contributed by atoms with E-state index < -0.39 is 73.2 Å². The topological polar surface area (TPSA) is 57.2 Å². The zero-order valence-corrected chi connectivity index (χ0v) is 22.0. The summed E-state index contributed by atoms with van der Waals surface area (Å²) in [5.74, 6) is -2.32. The van der Waals surface area contributed by atoms with Gasteiger partial charge in [0.1, 0.15) is 17.5 Å². The number of anilines is 1. The van der Waals surface area contributed by atoms with Crippen LogP contribution in [0.25, 0.3) is 0 Å². The van der Waals surface area contributed by atoms with Crippen LogP contribution >= 0.6 is 0 Å². The Labute approximate surface area is 258 Å². The number of carbonyl (C=O) groups is 1. The number of fused-ring (bicyclic) bond motifs is 1. The maximum absolute atomic E-state index is 14.1. The largest absolute Gasteiger partial charge is 0.381 e. The lowest BCUT2D eigenvalue weighted by molar-refractivity contribution is 0.0664. The van der Waals surface area contributed by atoms with Gasteiger partial charge in [-0.05, 0) is 97.2 Å². The highest BCUT2D eigenvalue weighted by Crippen LogP contribution is 2.28. The number of hydrogen-bond donors (Lipinski definition) is 1. The quantitative estimate of drug-likeness (QED) is 0.454. The number of rotatable bonds is 6. The molecule has 0 saturated carbocycles. The lowest BCUT2D eigenvalue weighted by atomic mass is 9.89. The molecule has 1 N–H and O–H groups in total. The molecule has 214 valence electrons. The van der Waals surface area contributed by atoms with Gasteiger partial charge in [0.25, 0.3) is 5.91 Å². The fraction of sp³-hybridized carbons (Fsp3) is 0.394. The third-order valence-electron chi connectivity index (χ3n) is 7.20. The van der Waals surface area contributed by atoms with Crippen molar-refractivity contribution in [2.24, 2.45) is 10.9 Å². The molecule has 0 radical (unpaired) electrons. The van der Waals surface area contributed by atoms with Gasteiger partial charge in [-0.25, -0.2) is 8.78 Å². The maximum Gasteiger partial charge on any atom is 0.257 e. The number of likely N-dealkylation sites (N-methyl/N-ethyl adjacent to an activating group) is 1. The van der Waals surface area contributed by atoms with Crippen molar-refractivity contribution in [3.63, 3.8) is 0 Å². The minimum Gasteiger partial charge on any atom is -0.381 e. The molecule has 6 nitrogen and oxygen atoms in total. The molecule has 6 rings (SSSR count). The monoisotopic (exact) mass is 571 g/mol. The van der Waals surface area contributed by atoms with Gasteiger partial charge < -0.3 is 19.9 Å². The molecule has 3 heterocycles. The second-order valence-corrected chi connectivity index (χ2v) is 10.1. The van der Waals surface area contributed by atoms with Crippen molar-refractivity contribution in [1.29, 1.82) is 0 Å². The van der Waals surface area contributed by atoms with Crippen molar-refractivity contribution in [3.05, 3.63) is 99.6 Å². The van der Waals surface area contributed by atoms with Crippen LogP contribution in [0.5, 0.6) is 0 Å². The second-order valence-electron chi connectivity index (χ2n) is 10.1. The van der Waals surface area contributed by atoms with Crippen LogP contribution in [0.3, 0.4) is 0 Å². The first-order valence-electron chi connectivity index (χ1n) is 19.7. The van der Waals surface area contributed by atoms with Gasteiger partial charge in [0.05, 0.1) is 14.8 Å². The molecule has 0 atom stereocenters. The van der Waals surface area contributed by atoms with Crippen molar-refractivity contribution in [1.82, 2.24) is 10.2 Å². The molecule has 0 aromatic heterocycles. The van der Waals surface area contributed by atoms with Gasteiger partial charge in [-0.3, -0.25) is 9.79 Å². The first kappa shape index (κ1) is 16.1. The van der Waals surface area contributed by atoms with Crippen molar-refractivity contribution in [3.8, 4) is 0 Å². The predicted molar refractivity (Wildman–Crippen MR) is 157 cm³/mol. The number of aliphatic imine (C=N–C) groups is 1. The van der Waals surface area contributed by atoms with Gasteiger partial charge in [0.15, 0.2) is 0 Å². The van der Waals surface area contributed by atoms with Crippen molar-refractivity contribution in [2.45, 2.75) is 32.2 Å². The number of ether oxygens (including phenoxy) is 1. The molecule has 0 aliphatic carbocycles. The smallest absolute Gasteiger partial charge is 0.257 e. The van der Waals surface area contributed by atoms with Gasteiger partial charge in [-0.2, -0.15) is 0 Å². The maximum atomic E-state index is 14.1. The summed E-state index contributed by atoms with van der Waals surface area (Å²) in [6.07, 6.45) is 1.17. The Bertz CT molecular complexity index is 1970. The number of amidine groups is 1. The molecule has 3 aromatic rings. The highest BCUT2D eigenvalue weighted by molar-refractivity contribution is 6.14. The molecule has 0 unspecified atom stereocenters. The Hall–Kier alpha value is -3.62. The van der Waals surface area contributed by atoms with Crippen LogP contribution in [0.2, 0.25) is 0 Å². The van der Waals surface area contributed by atoms with Crippen LogP contribution in [0.1, 0.15) is 68.8 Å². The fourth-order valence-corrected chi connectivity index (χ4v) is 5.14. The van der Waals surface area contributed by atoms with Crippen LogP contribution in [0, 0.1) is 17.6 Å². The molecule has 1 amide bonds. The number of halogens is 2. The molecule has 0 spiro atoms. The van der Waals surface area contributed by atoms with E-state index in [0.29, 0.717) is 42.7 Å². The number of nitrogens with zero attached hydrogens (tertiary/aromatic N) is 3. The van der Waals surface area contributed by atoms with Crippen LogP contribution in [0.4, 0.5) is 14.5 Å². The van der Waals surface area contributed by atoms with Crippen molar-refractivity contribution < 1.29 is 36.1 Å². The van der Waals surface area contributed by atoms with E-state index in [0.717, 1.165) is 17.7 Å². The molecular formula is C33H36F2N4O2. The number of nitrogens with one attached hydrogen (secondary N) is 1. The zero-order chi connectivity index (χ0) is 39.8. The van der Waals surface area contributed by atoms with E-state index in [-0.39, 0.29) is 47.2 Å². The molecule has 3 aromatic carbocycles. The third-order valence-corrected chi connectivity index (χ3v) is 7.20. The van der Waals surface area contributed by atoms with E-state index in [1.165, 1.54) is 12.1 Å². The van der Waals surface area contributed by atoms with E-state index in [1.54, 1.807) is 18.2 Å². The Balaban J connectivity index is 1.41. The van der Waals surface area contributed by atoms with E-state index in [2.05, 4.69) is 10.3 Å². The number of amides is 1. The summed E-state index contributed by atoms with van der Waals surface area (Å²) in [6.45, 7) is -17.6. The Morgan fingerprint density at radius 1 is 1.10 bits per heavy atom. The average Bonchev–Trinajstić information content (AvgIpc) is 3.43. The SMILES string of the molecule is [2H]c1cc(C(=O)NC2=NCc3ccc(Cc4cc(F)cc(F)c4)cc32)c(CC2CCOCC2)c([2H])c1N1C([2H])([2H])C([2H])([2H])N(C([2H])([2H])[2H])C([2H])([2H])C1([2H])[2H]. The molecule has 41 heavy (non-hydrogen) atoms. The summed E-state index contributed by atoms with van der Waals surface area (Å²) >= 11 is 0. The predicted octanol–water partition coefficient (Wildman–Crippen LogP) is 4.97. The van der Waals surface area contributed by atoms with Crippen molar-refractivity contribution >= 4 is 17.4 Å². The first-order chi connectivity index (χ1) is 25.0. The van der Waals surface area contributed by atoms with Crippen LogP contribution < -0.4 is 10.2 Å². The fourth-order valence-electron chi connectivity index (χ4n) is 5.14.